The number of carbonyl (C=O) groups is 1. The van der Waals surface area contributed by atoms with Crippen LogP contribution in [0.4, 0.5) is 11.4 Å². The lowest BCUT2D eigenvalue weighted by molar-refractivity contribution is -0.118. The molecule has 4 aromatic carbocycles. The molecule has 0 fully saturated rings. The summed E-state index contributed by atoms with van der Waals surface area (Å²) in [7, 11) is 1.58. The Morgan fingerprint density at radius 3 is 2.19 bits per heavy atom. The number of anilines is 2. The Balaban J connectivity index is 1.57. The van der Waals surface area contributed by atoms with Crippen LogP contribution in [-0.2, 0) is 11.4 Å². The standard InChI is InChI=1S/C30H30N4O3/c1-36-28-18-23(14-17-27(28)37-20-21-8-4-2-5-9-21)29(26(35)19-33-24-10-6-3-7-11-24)34-25-15-12-22(13-16-25)30(31)32/h2-18,29,33-34H,19-20H2,1H3,(H3,31,32)/t29-/m1/s1. The third kappa shape index (κ3) is 6.89. The minimum atomic E-state index is -0.656. The maximum atomic E-state index is 13.4. The predicted molar refractivity (Wildman–Crippen MR) is 148 cm³/mol. The Kier molecular flexibility index (Phi) is 8.39. The maximum absolute atomic E-state index is 13.4. The predicted octanol–water partition coefficient (Wildman–Crippen LogP) is 5.39. The first-order valence-electron chi connectivity index (χ1n) is 11.9. The highest BCUT2D eigenvalue weighted by Crippen LogP contribution is 2.32. The molecule has 7 nitrogen and oxygen atoms in total. The van der Waals surface area contributed by atoms with Crippen LogP contribution in [0.3, 0.4) is 0 Å². The number of amidine groups is 1. The molecule has 188 valence electrons. The minimum Gasteiger partial charge on any atom is -0.493 e. The third-order valence-electron chi connectivity index (χ3n) is 5.83. The number of rotatable bonds is 12. The zero-order chi connectivity index (χ0) is 26.0. The van der Waals surface area contributed by atoms with Crippen LogP contribution in [-0.4, -0.2) is 25.3 Å². The van der Waals surface area contributed by atoms with Gasteiger partial charge in [0.15, 0.2) is 17.3 Å². The van der Waals surface area contributed by atoms with E-state index in [9.17, 15) is 4.79 Å². The Hall–Kier alpha value is -4.78. The van der Waals surface area contributed by atoms with Gasteiger partial charge in [-0.25, -0.2) is 0 Å². The molecule has 0 saturated heterocycles. The summed E-state index contributed by atoms with van der Waals surface area (Å²) in [5.41, 5.74) is 9.57. The fraction of sp³-hybridized carbons (Fsp3) is 0.133. The van der Waals surface area contributed by atoms with Gasteiger partial charge in [0.25, 0.3) is 0 Å². The monoisotopic (exact) mass is 494 g/mol. The summed E-state index contributed by atoms with van der Waals surface area (Å²) < 4.78 is 11.6. The summed E-state index contributed by atoms with van der Waals surface area (Å²) in [6.07, 6.45) is 0. The second-order valence-electron chi connectivity index (χ2n) is 8.44. The van der Waals surface area contributed by atoms with Crippen molar-refractivity contribution in [3.63, 3.8) is 0 Å². The Bertz CT molecular complexity index is 1330. The molecule has 5 N–H and O–H groups in total. The molecule has 0 heterocycles. The van der Waals surface area contributed by atoms with E-state index in [-0.39, 0.29) is 18.2 Å². The van der Waals surface area contributed by atoms with Crippen molar-refractivity contribution in [3.8, 4) is 11.5 Å². The van der Waals surface area contributed by atoms with Crippen LogP contribution < -0.4 is 25.8 Å². The molecule has 4 aromatic rings. The van der Waals surface area contributed by atoms with E-state index >= 15 is 0 Å². The van der Waals surface area contributed by atoms with Crippen LogP contribution in [0.25, 0.3) is 0 Å². The number of methoxy groups -OCH3 is 1. The number of carbonyl (C=O) groups excluding carboxylic acids is 1. The first-order valence-corrected chi connectivity index (χ1v) is 11.9. The van der Waals surface area contributed by atoms with E-state index in [1.807, 2.05) is 78.9 Å². The number of ether oxygens (including phenoxy) is 2. The van der Waals surface area contributed by atoms with Crippen molar-refractivity contribution in [2.75, 3.05) is 24.3 Å². The quantitative estimate of drug-likeness (QED) is 0.155. The highest BCUT2D eigenvalue weighted by atomic mass is 16.5. The topological polar surface area (TPSA) is 109 Å². The van der Waals surface area contributed by atoms with Gasteiger partial charge in [-0.3, -0.25) is 10.2 Å². The van der Waals surface area contributed by atoms with Crippen LogP contribution in [0.1, 0.15) is 22.7 Å². The highest BCUT2D eigenvalue weighted by molar-refractivity contribution is 5.95. The summed E-state index contributed by atoms with van der Waals surface area (Å²) >= 11 is 0. The van der Waals surface area contributed by atoms with Gasteiger partial charge < -0.3 is 25.8 Å². The van der Waals surface area contributed by atoms with Gasteiger partial charge in [0.1, 0.15) is 18.5 Å². The van der Waals surface area contributed by atoms with E-state index in [1.165, 1.54) is 0 Å². The lowest BCUT2D eigenvalue weighted by Crippen LogP contribution is -2.27. The molecule has 4 rings (SSSR count). The molecule has 0 spiro atoms. The molecule has 0 radical (unpaired) electrons. The minimum absolute atomic E-state index is 0.0120. The number of ketones is 1. The first-order chi connectivity index (χ1) is 18.0. The SMILES string of the molecule is COc1cc([C@@H](Nc2ccc(C(=N)N)cc2)C(=O)CNc2ccccc2)ccc1OCc1ccccc1. The van der Waals surface area contributed by atoms with E-state index in [0.717, 1.165) is 22.5 Å². The number of hydrogen-bond donors (Lipinski definition) is 4. The van der Waals surface area contributed by atoms with Crippen LogP contribution in [0.5, 0.6) is 11.5 Å². The molecule has 7 heteroatoms. The number of para-hydroxylation sites is 1. The summed E-state index contributed by atoms with van der Waals surface area (Å²) in [5.74, 6) is 1.06. The van der Waals surface area contributed by atoms with Crippen molar-refractivity contribution in [3.05, 3.63) is 120 Å². The van der Waals surface area contributed by atoms with Gasteiger partial charge in [0.2, 0.25) is 0 Å². The second kappa shape index (κ2) is 12.3. The Morgan fingerprint density at radius 2 is 1.54 bits per heavy atom. The van der Waals surface area contributed by atoms with E-state index in [1.54, 1.807) is 31.4 Å². The summed E-state index contributed by atoms with van der Waals surface area (Å²) in [5, 5.41) is 14.1. The van der Waals surface area contributed by atoms with Crippen molar-refractivity contribution < 1.29 is 14.3 Å². The molecule has 0 aliphatic heterocycles. The molecule has 0 aliphatic carbocycles. The average Bonchev–Trinajstić information content (AvgIpc) is 2.95. The Morgan fingerprint density at radius 1 is 0.865 bits per heavy atom. The number of benzene rings is 4. The largest absolute Gasteiger partial charge is 0.493 e. The zero-order valence-electron chi connectivity index (χ0n) is 20.6. The van der Waals surface area contributed by atoms with E-state index in [2.05, 4.69) is 10.6 Å². The van der Waals surface area contributed by atoms with Crippen LogP contribution in [0.15, 0.2) is 103 Å². The normalized spacial score (nSPS) is 11.3. The number of nitrogens with two attached hydrogens (primary N) is 1. The molecule has 0 bridgehead atoms. The van der Waals surface area contributed by atoms with Gasteiger partial charge in [-0.2, -0.15) is 0 Å². The van der Waals surface area contributed by atoms with Crippen LogP contribution in [0.2, 0.25) is 0 Å². The number of Topliss-reactive ketones (excluding diaryl/α,β-unsaturated/α-hetero) is 1. The molecule has 1 atom stereocenters. The lowest BCUT2D eigenvalue weighted by atomic mass is 10.0. The van der Waals surface area contributed by atoms with Crippen LogP contribution in [0, 0.1) is 5.41 Å². The summed E-state index contributed by atoms with van der Waals surface area (Å²) in [6.45, 7) is 0.530. The Labute approximate surface area is 216 Å². The molecule has 0 amide bonds. The van der Waals surface area contributed by atoms with Gasteiger partial charge in [0.05, 0.1) is 13.7 Å². The van der Waals surface area contributed by atoms with Gasteiger partial charge in [-0.1, -0.05) is 54.6 Å². The number of hydrogen-bond acceptors (Lipinski definition) is 6. The van der Waals surface area contributed by atoms with Crippen molar-refractivity contribution in [1.29, 1.82) is 5.41 Å². The molecule has 37 heavy (non-hydrogen) atoms. The highest BCUT2D eigenvalue weighted by Gasteiger charge is 2.22. The molecule has 0 aromatic heterocycles. The summed E-state index contributed by atoms with van der Waals surface area (Å²) in [4.78, 5) is 13.4. The van der Waals surface area contributed by atoms with E-state index in [0.29, 0.717) is 23.7 Å². The molecular weight excluding hydrogens is 464 g/mol. The molecule has 0 unspecified atom stereocenters. The van der Waals surface area contributed by atoms with Gasteiger partial charge in [-0.05, 0) is 59.7 Å². The third-order valence-corrected chi connectivity index (χ3v) is 5.83. The first kappa shape index (κ1) is 25.3. The van der Waals surface area contributed by atoms with E-state index < -0.39 is 6.04 Å². The van der Waals surface area contributed by atoms with Gasteiger partial charge in [0, 0.05) is 16.9 Å². The number of nitrogens with one attached hydrogen (secondary N) is 3. The molecule has 0 saturated carbocycles. The van der Waals surface area contributed by atoms with Crippen LogP contribution >= 0.6 is 0 Å². The zero-order valence-corrected chi connectivity index (χ0v) is 20.6. The average molecular weight is 495 g/mol. The second-order valence-corrected chi connectivity index (χ2v) is 8.44. The van der Waals surface area contributed by atoms with Gasteiger partial charge in [-0.15, -0.1) is 0 Å². The fourth-order valence-electron chi connectivity index (χ4n) is 3.83. The van der Waals surface area contributed by atoms with Crippen molar-refractivity contribution in [2.24, 2.45) is 5.73 Å². The molecule has 0 aliphatic rings. The van der Waals surface area contributed by atoms with E-state index in [4.69, 9.17) is 20.6 Å². The van der Waals surface area contributed by atoms with Gasteiger partial charge >= 0.3 is 0 Å². The maximum Gasteiger partial charge on any atom is 0.178 e. The number of nitrogen functional groups attached to an aromatic ring is 1. The van der Waals surface area contributed by atoms with Crippen molar-refractivity contribution in [1.82, 2.24) is 0 Å². The lowest BCUT2D eigenvalue weighted by Gasteiger charge is -2.21. The van der Waals surface area contributed by atoms with Crippen molar-refractivity contribution >= 4 is 23.0 Å². The molecular formula is C30H30N4O3. The summed E-state index contributed by atoms with van der Waals surface area (Å²) in [6, 6.07) is 31.4. The van der Waals surface area contributed by atoms with Crippen molar-refractivity contribution in [2.45, 2.75) is 12.6 Å². The fourth-order valence-corrected chi connectivity index (χ4v) is 3.83. The smallest absolute Gasteiger partial charge is 0.178 e.